The molecule has 0 aromatic carbocycles. The van der Waals surface area contributed by atoms with Crippen molar-refractivity contribution in [3.8, 4) is 0 Å². The number of fused-ring (bicyclic) bond motifs is 1. The van der Waals surface area contributed by atoms with Gasteiger partial charge in [0.25, 0.3) is 0 Å². The van der Waals surface area contributed by atoms with Crippen LogP contribution in [0.2, 0.25) is 0 Å². The summed E-state index contributed by atoms with van der Waals surface area (Å²) < 4.78 is 4.99. The number of rotatable bonds is 5. The van der Waals surface area contributed by atoms with Gasteiger partial charge in [0, 0.05) is 13.3 Å². The fourth-order valence-corrected chi connectivity index (χ4v) is 5.12. The highest BCUT2D eigenvalue weighted by molar-refractivity contribution is 5.97. The Morgan fingerprint density at radius 2 is 1.92 bits per heavy atom. The van der Waals surface area contributed by atoms with E-state index >= 15 is 0 Å². The fraction of sp³-hybridized carbons (Fsp3) is 0.727. The Hall–Kier alpha value is -1.38. The maximum atomic E-state index is 12.7. The van der Waals surface area contributed by atoms with E-state index in [4.69, 9.17) is 4.74 Å². The molecule has 3 nitrogen and oxygen atoms in total. The van der Waals surface area contributed by atoms with Crippen LogP contribution in [-0.4, -0.2) is 18.4 Å². The van der Waals surface area contributed by atoms with Crippen molar-refractivity contribution in [2.24, 2.45) is 16.7 Å². The molecule has 2 aliphatic carbocycles. The number of Topliss-reactive ketones (excluding diaryl/α,β-unsaturated/α-hetero) is 1. The van der Waals surface area contributed by atoms with Gasteiger partial charge in [0.15, 0.2) is 5.78 Å². The quantitative estimate of drug-likeness (QED) is 0.494. The average Bonchev–Trinajstić information content (AvgIpc) is 2.49. The first kappa shape index (κ1) is 19.9. The molecule has 0 amide bonds. The highest BCUT2D eigenvalue weighted by Gasteiger charge is 2.51. The molecule has 0 aromatic rings. The Balaban J connectivity index is 2.18. The first-order chi connectivity index (χ1) is 11.6. The Kier molecular flexibility index (Phi) is 5.96. The third-order valence-corrected chi connectivity index (χ3v) is 6.67. The van der Waals surface area contributed by atoms with Crippen molar-refractivity contribution in [3.63, 3.8) is 0 Å². The van der Waals surface area contributed by atoms with E-state index in [-0.39, 0.29) is 16.8 Å². The first-order valence-corrected chi connectivity index (χ1v) is 9.60. The minimum Gasteiger partial charge on any atom is -0.462 e. The Morgan fingerprint density at radius 1 is 1.24 bits per heavy atom. The second-order valence-corrected chi connectivity index (χ2v) is 8.90. The smallest absolute Gasteiger partial charge is 0.302 e. The van der Waals surface area contributed by atoms with E-state index in [0.29, 0.717) is 24.7 Å². The summed E-state index contributed by atoms with van der Waals surface area (Å²) in [7, 11) is 0. The molecule has 0 aliphatic heterocycles. The lowest BCUT2D eigenvalue weighted by Crippen LogP contribution is -2.47. The second kappa shape index (κ2) is 7.47. The van der Waals surface area contributed by atoms with Crippen molar-refractivity contribution in [3.05, 3.63) is 22.8 Å². The lowest BCUT2D eigenvalue weighted by molar-refractivity contribution is -0.139. The number of esters is 1. The molecular weight excluding hydrogens is 312 g/mol. The third-order valence-electron chi connectivity index (χ3n) is 6.67. The van der Waals surface area contributed by atoms with Crippen LogP contribution >= 0.6 is 0 Å². The molecule has 0 unspecified atom stereocenters. The molecule has 140 valence electrons. The van der Waals surface area contributed by atoms with Gasteiger partial charge >= 0.3 is 5.97 Å². The Morgan fingerprint density at radius 3 is 2.56 bits per heavy atom. The Bertz CT molecular complexity index is 609. The molecule has 3 heteroatoms. The topological polar surface area (TPSA) is 43.4 Å². The normalized spacial score (nSPS) is 29.4. The molecule has 0 N–H and O–H groups in total. The molecule has 0 aromatic heterocycles. The summed E-state index contributed by atoms with van der Waals surface area (Å²) in [5, 5.41) is 0. The van der Waals surface area contributed by atoms with E-state index in [0.717, 1.165) is 18.4 Å². The summed E-state index contributed by atoms with van der Waals surface area (Å²) in [6.45, 7) is 12.9. The SMILES string of the molecule is CC(=O)OC/C=C(\C)CCC1=C(C)C(=O)C[C@@H]2C(C)(C)CCC[C@]12C. The molecule has 0 heterocycles. The van der Waals surface area contributed by atoms with Gasteiger partial charge in [-0.05, 0) is 67.9 Å². The molecule has 2 atom stereocenters. The first-order valence-electron chi connectivity index (χ1n) is 9.60. The van der Waals surface area contributed by atoms with Crippen molar-refractivity contribution >= 4 is 11.8 Å². The van der Waals surface area contributed by atoms with Crippen LogP contribution in [0, 0.1) is 16.7 Å². The second-order valence-electron chi connectivity index (χ2n) is 8.90. The van der Waals surface area contributed by atoms with Crippen LogP contribution < -0.4 is 0 Å². The Labute approximate surface area is 152 Å². The van der Waals surface area contributed by atoms with Crippen molar-refractivity contribution in [2.45, 2.75) is 80.1 Å². The lowest BCUT2D eigenvalue weighted by atomic mass is 9.49. The summed E-state index contributed by atoms with van der Waals surface area (Å²) in [6.07, 6.45) is 8.19. The maximum absolute atomic E-state index is 12.7. The van der Waals surface area contributed by atoms with Gasteiger partial charge in [0.05, 0.1) is 0 Å². The van der Waals surface area contributed by atoms with Crippen molar-refractivity contribution in [2.75, 3.05) is 6.61 Å². The van der Waals surface area contributed by atoms with E-state index < -0.39 is 0 Å². The van der Waals surface area contributed by atoms with Crippen LogP contribution in [0.15, 0.2) is 22.8 Å². The van der Waals surface area contributed by atoms with Gasteiger partial charge in [-0.1, -0.05) is 38.3 Å². The number of hydrogen-bond acceptors (Lipinski definition) is 3. The van der Waals surface area contributed by atoms with E-state index in [2.05, 4.69) is 27.7 Å². The van der Waals surface area contributed by atoms with Crippen molar-refractivity contribution in [1.82, 2.24) is 0 Å². The number of carbonyl (C=O) groups is 2. The molecule has 2 rings (SSSR count). The van der Waals surface area contributed by atoms with Gasteiger partial charge in [-0.2, -0.15) is 0 Å². The zero-order chi connectivity index (χ0) is 18.8. The van der Waals surface area contributed by atoms with Crippen LogP contribution in [0.4, 0.5) is 0 Å². The average molecular weight is 347 g/mol. The molecule has 1 fully saturated rings. The molecule has 2 aliphatic rings. The van der Waals surface area contributed by atoms with Gasteiger partial charge in [0.1, 0.15) is 6.61 Å². The third kappa shape index (κ3) is 4.24. The van der Waals surface area contributed by atoms with Gasteiger partial charge in [-0.15, -0.1) is 0 Å². The van der Waals surface area contributed by atoms with Crippen molar-refractivity contribution in [1.29, 1.82) is 0 Å². The number of allylic oxidation sites excluding steroid dienone is 3. The van der Waals surface area contributed by atoms with Gasteiger partial charge < -0.3 is 4.74 Å². The van der Waals surface area contributed by atoms with E-state index in [1.54, 1.807) is 0 Å². The van der Waals surface area contributed by atoms with E-state index in [1.807, 2.05) is 13.0 Å². The van der Waals surface area contributed by atoms with Crippen molar-refractivity contribution < 1.29 is 14.3 Å². The minimum absolute atomic E-state index is 0.149. The number of carbonyl (C=O) groups excluding carboxylic acids is 2. The maximum Gasteiger partial charge on any atom is 0.302 e. The monoisotopic (exact) mass is 346 g/mol. The number of ether oxygens (including phenoxy) is 1. The standard InChI is InChI=1S/C22H34O3/c1-15(10-13-25-17(3)23)8-9-18-16(2)19(24)14-20-21(4,5)11-7-12-22(18,20)6/h10,20H,7-9,11-14H2,1-6H3/b15-10+/t20-,22-/m1/s1. The molecule has 0 bridgehead atoms. The zero-order valence-electron chi connectivity index (χ0n) is 16.8. The highest BCUT2D eigenvalue weighted by atomic mass is 16.5. The molecular formula is C22H34O3. The van der Waals surface area contributed by atoms with E-state index in [1.165, 1.54) is 37.3 Å². The highest BCUT2D eigenvalue weighted by Crippen LogP contribution is 2.59. The molecule has 0 saturated heterocycles. The van der Waals surface area contributed by atoms with E-state index in [9.17, 15) is 9.59 Å². The summed E-state index contributed by atoms with van der Waals surface area (Å²) in [6, 6.07) is 0. The van der Waals surface area contributed by atoms with Crippen LogP contribution in [0.5, 0.6) is 0 Å². The molecule has 1 saturated carbocycles. The summed E-state index contributed by atoms with van der Waals surface area (Å²) in [4.78, 5) is 23.5. The number of ketones is 1. The van der Waals surface area contributed by atoms with Crippen LogP contribution in [-0.2, 0) is 14.3 Å². The van der Waals surface area contributed by atoms with Crippen LogP contribution in [0.25, 0.3) is 0 Å². The molecule has 0 radical (unpaired) electrons. The van der Waals surface area contributed by atoms with Gasteiger partial charge in [0.2, 0.25) is 0 Å². The summed E-state index contributed by atoms with van der Waals surface area (Å²) in [5.41, 5.74) is 3.98. The predicted octanol–water partition coefficient (Wildman–Crippen LogP) is 5.40. The largest absolute Gasteiger partial charge is 0.462 e. The fourth-order valence-electron chi connectivity index (χ4n) is 5.12. The molecule has 25 heavy (non-hydrogen) atoms. The summed E-state index contributed by atoms with van der Waals surface area (Å²) >= 11 is 0. The van der Waals surface area contributed by atoms with Gasteiger partial charge in [-0.25, -0.2) is 0 Å². The zero-order valence-corrected chi connectivity index (χ0v) is 16.8. The van der Waals surface area contributed by atoms with Crippen LogP contribution in [0.1, 0.15) is 80.1 Å². The minimum atomic E-state index is -0.250. The van der Waals surface area contributed by atoms with Crippen LogP contribution in [0.3, 0.4) is 0 Å². The molecule has 0 spiro atoms. The van der Waals surface area contributed by atoms with Gasteiger partial charge in [-0.3, -0.25) is 9.59 Å². The number of hydrogen-bond donors (Lipinski definition) is 0. The lowest BCUT2D eigenvalue weighted by Gasteiger charge is -2.54. The predicted molar refractivity (Wildman–Crippen MR) is 101 cm³/mol. The summed E-state index contributed by atoms with van der Waals surface area (Å²) in [5.74, 6) is 0.541.